The van der Waals surface area contributed by atoms with E-state index in [0.717, 1.165) is 6.26 Å². The zero-order valence-corrected chi connectivity index (χ0v) is 20.2. The van der Waals surface area contributed by atoms with E-state index < -0.39 is 22.1 Å². The number of halogens is 1. The van der Waals surface area contributed by atoms with Gasteiger partial charge in [-0.25, -0.2) is 8.42 Å². The van der Waals surface area contributed by atoms with E-state index in [4.69, 9.17) is 21.1 Å². The van der Waals surface area contributed by atoms with Gasteiger partial charge in [-0.1, -0.05) is 29.7 Å². The number of methoxy groups -OCH3 is 1. The largest absolute Gasteiger partial charge is 0.488 e. The van der Waals surface area contributed by atoms with Crippen molar-refractivity contribution in [2.45, 2.75) is 45.1 Å². The molecule has 0 aliphatic carbocycles. The number of nitrogens with zero attached hydrogens (tertiary/aromatic N) is 1. The van der Waals surface area contributed by atoms with Crippen LogP contribution in [-0.4, -0.2) is 63.8 Å². The Hall–Kier alpha value is -2.28. The molecular formula is C22H30ClNO7S. The molecule has 32 heavy (non-hydrogen) atoms. The zero-order chi connectivity index (χ0) is 24.0. The Kier molecular flexibility index (Phi) is 12.8. The van der Waals surface area contributed by atoms with Crippen LogP contribution in [0, 0.1) is 11.8 Å². The second-order valence-electron chi connectivity index (χ2n) is 6.99. The SMILES string of the molecule is COC(=O)CCCC#CCN(CCCC(COc1ccccc1Cl)OC(C)=O)S(C)(=O)=O. The predicted molar refractivity (Wildman–Crippen MR) is 122 cm³/mol. The van der Waals surface area contributed by atoms with E-state index in [1.807, 2.05) is 0 Å². The summed E-state index contributed by atoms with van der Waals surface area (Å²) in [6, 6.07) is 6.96. The third-order valence-electron chi connectivity index (χ3n) is 4.29. The second kappa shape index (κ2) is 14.7. The number of rotatable bonds is 13. The molecule has 178 valence electrons. The first-order valence-electron chi connectivity index (χ1n) is 10.2. The molecule has 1 atom stereocenters. The fourth-order valence-electron chi connectivity index (χ4n) is 2.67. The van der Waals surface area contributed by atoms with Crippen LogP contribution in [0.4, 0.5) is 0 Å². The van der Waals surface area contributed by atoms with Gasteiger partial charge in [0.15, 0.2) is 0 Å². The van der Waals surface area contributed by atoms with Gasteiger partial charge in [0.05, 0.1) is 24.9 Å². The van der Waals surface area contributed by atoms with E-state index in [0.29, 0.717) is 36.5 Å². The highest BCUT2D eigenvalue weighted by molar-refractivity contribution is 7.88. The Morgan fingerprint density at radius 2 is 1.91 bits per heavy atom. The number of ether oxygens (including phenoxy) is 3. The van der Waals surface area contributed by atoms with E-state index in [1.54, 1.807) is 24.3 Å². The molecule has 10 heteroatoms. The van der Waals surface area contributed by atoms with Gasteiger partial charge in [0.1, 0.15) is 18.5 Å². The van der Waals surface area contributed by atoms with Crippen LogP contribution in [0.2, 0.25) is 5.02 Å². The third kappa shape index (κ3) is 11.9. The molecule has 1 aromatic carbocycles. The summed E-state index contributed by atoms with van der Waals surface area (Å²) in [6.07, 6.45) is 2.72. The molecular weight excluding hydrogens is 458 g/mol. The molecule has 0 bridgehead atoms. The van der Waals surface area contributed by atoms with Gasteiger partial charge in [-0.05, 0) is 31.4 Å². The number of esters is 2. The lowest BCUT2D eigenvalue weighted by Gasteiger charge is -2.21. The molecule has 1 unspecified atom stereocenters. The molecule has 8 nitrogen and oxygen atoms in total. The quantitative estimate of drug-likeness (QED) is 0.239. The van der Waals surface area contributed by atoms with E-state index in [2.05, 4.69) is 16.6 Å². The number of carbonyl (C=O) groups is 2. The molecule has 0 saturated heterocycles. The average Bonchev–Trinajstić information content (AvgIpc) is 2.72. The van der Waals surface area contributed by atoms with Gasteiger partial charge in [-0.2, -0.15) is 4.31 Å². The summed E-state index contributed by atoms with van der Waals surface area (Å²) in [5.74, 6) is 5.43. The smallest absolute Gasteiger partial charge is 0.305 e. The minimum atomic E-state index is -3.46. The number of carbonyl (C=O) groups excluding carboxylic acids is 2. The molecule has 0 aromatic heterocycles. The molecule has 0 radical (unpaired) electrons. The number of unbranched alkanes of at least 4 members (excludes halogenated alkanes) is 1. The van der Waals surface area contributed by atoms with Gasteiger partial charge in [0.25, 0.3) is 0 Å². The van der Waals surface area contributed by atoms with Crippen LogP contribution in [0.3, 0.4) is 0 Å². The first-order chi connectivity index (χ1) is 15.1. The molecule has 0 amide bonds. The number of benzene rings is 1. The monoisotopic (exact) mass is 487 g/mol. The van der Waals surface area contributed by atoms with E-state index >= 15 is 0 Å². The number of hydrogen-bond donors (Lipinski definition) is 0. The van der Waals surface area contributed by atoms with Crippen LogP contribution in [0.5, 0.6) is 5.75 Å². The molecule has 0 heterocycles. The Morgan fingerprint density at radius 3 is 2.53 bits per heavy atom. The van der Waals surface area contributed by atoms with Crippen LogP contribution in [0.1, 0.15) is 39.0 Å². The Labute approximate surface area is 195 Å². The third-order valence-corrected chi connectivity index (χ3v) is 5.85. The number of para-hydroxylation sites is 1. The van der Waals surface area contributed by atoms with Crippen LogP contribution < -0.4 is 4.74 Å². The van der Waals surface area contributed by atoms with Crippen molar-refractivity contribution in [1.82, 2.24) is 4.31 Å². The highest BCUT2D eigenvalue weighted by atomic mass is 35.5. The summed E-state index contributed by atoms with van der Waals surface area (Å²) in [5, 5.41) is 0.447. The van der Waals surface area contributed by atoms with Gasteiger partial charge >= 0.3 is 11.9 Å². The summed E-state index contributed by atoms with van der Waals surface area (Å²) >= 11 is 6.07. The van der Waals surface area contributed by atoms with Crippen molar-refractivity contribution in [3.05, 3.63) is 29.3 Å². The molecule has 0 N–H and O–H groups in total. The molecule has 0 aliphatic heterocycles. The van der Waals surface area contributed by atoms with Gasteiger partial charge in [-0.3, -0.25) is 9.59 Å². The summed E-state index contributed by atoms with van der Waals surface area (Å²) in [6.45, 7) is 1.67. The fourth-order valence-corrected chi connectivity index (χ4v) is 3.62. The Morgan fingerprint density at radius 1 is 1.19 bits per heavy atom. The van der Waals surface area contributed by atoms with Crippen LogP contribution in [-0.2, 0) is 29.1 Å². The summed E-state index contributed by atoms with van der Waals surface area (Å²) in [4.78, 5) is 22.5. The maximum absolute atomic E-state index is 12.1. The van der Waals surface area contributed by atoms with Crippen molar-refractivity contribution < 1.29 is 32.2 Å². The fraction of sp³-hybridized carbons (Fsp3) is 0.545. The summed E-state index contributed by atoms with van der Waals surface area (Å²) < 4.78 is 40.9. The van der Waals surface area contributed by atoms with Gasteiger partial charge < -0.3 is 14.2 Å². The summed E-state index contributed by atoms with van der Waals surface area (Å²) in [5.41, 5.74) is 0. The van der Waals surface area contributed by atoms with Crippen molar-refractivity contribution in [2.75, 3.05) is 33.1 Å². The van der Waals surface area contributed by atoms with Gasteiger partial charge in [0, 0.05) is 26.3 Å². The first-order valence-corrected chi connectivity index (χ1v) is 12.4. The molecule has 0 aliphatic rings. The van der Waals surface area contributed by atoms with E-state index in [-0.39, 0.29) is 32.1 Å². The van der Waals surface area contributed by atoms with Crippen molar-refractivity contribution in [2.24, 2.45) is 0 Å². The normalized spacial score (nSPS) is 11.9. The maximum atomic E-state index is 12.1. The van der Waals surface area contributed by atoms with Crippen LogP contribution in [0.25, 0.3) is 0 Å². The Balaban J connectivity index is 2.56. The minimum Gasteiger partial charge on any atom is -0.488 e. The molecule has 0 saturated carbocycles. The molecule has 1 rings (SSSR count). The number of sulfonamides is 1. The van der Waals surface area contributed by atoms with Crippen LogP contribution in [0.15, 0.2) is 24.3 Å². The maximum Gasteiger partial charge on any atom is 0.305 e. The van der Waals surface area contributed by atoms with Gasteiger partial charge in [0.2, 0.25) is 10.0 Å². The van der Waals surface area contributed by atoms with E-state index in [1.165, 1.54) is 18.3 Å². The highest BCUT2D eigenvalue weighted by Gasteiger charge is 2.18. The predicted octanol–water partition coefficient (Wildman–Crippen LogP) is 3.04. The lowest BCUT2D eigenvalue weighted by Crippen LogP contribution is -2.32. The van der Waals surface area contributed by atoms with Crippen molar-refractivity contribution in [1.29, 1.82) is 0 Å². The Bertz CT molecular complexity index is 908. The molecule has 0 spiro atoms. The minimum absolute atomic E-state index is 0.0470. The average molecular weight is 488 g/mol. The van der Waals surface area contributed by atoms with E-state index in [9.17, 15) is 18.0 Å². The van der Waals surface area contributed by atoms with Crippen molar-refractivity contribution in [3.8, 4) is 17.6 Å². The topological polar surface area (TPSA) is 99.2 Å². The highest BCUT2D eigenvalue weighted by Crippen LogP contribution is 2.23. The zero-order valence-electron chi connectivity index (χ0n) is 18.6. The standard InChI is InChI=1S/C22H30ClNO7S/c1-18(25)31-19(17-30-21-13-8-7-12-20(21)23)11-10-16-24(32(3,27)28)15-9-5-4-6-14-22(26)29-2/h7-8,12-13,19H,4,6,10-11,14-17H2,1-3H3. The van der Waals surface area contributed by atoms with Crippen molar-refractivity contribution in [3.63, 3.8) is 0 Å². The van der Waals surface area contributed by atoms with Crippen molar-refractivity contribution >= 4 is 33.6 Å². The lowest BCUT2D eigenvalue weighted by atomic mass is 10.2. The summed E-state index contributed by atoms with van der Waals surface area (Å²) in [7, 11) is -2.13. The number of hydrogen-bond acceptors (Lipinski definition) is 7. The van der Waals surface area contributed by atoms with Crippen LogP contribution >= 0.6 is 11.6 Å². The van der Waals surface area contributed by atoms with Gasteiger partial charge in [-0.15, -0.1) is 5.92 Å². The lowest BCUT2D eigenvalue weighted by molar-refractivity contribution is -0.148. The second-order valence-corrected chi connectivity index (χ2v) is 9.38. The molecule has 1 aromatic rings. The first kappa shape index (κ1) is 27.8. The molecule has 0 fully saturated rings.